The molecule has 3 atom stereocenters. The van der Waals surface area contributed by atoms with E-state index < -0.39 is 9.84 Å². The lowest BCUT2D eigenvalue weighted by Gasteiger charge is -2.43. The van der Waals surface area contributed by atoms with Crippen LogP contribution in [0.5, 0.6) is 5.75 Å². The van der Waals surface area contributed by atoms with Crippen molar-refractivity contribution in [3.05, 3.63) is 52.9 Å². The van der Waals surface area contributed by atoms with Crippen LogP contribution in [0.25, 0.3) is 5.69 Å². The number of benzene rings is 1. The van der Waals surface area contributed by atoms with Gasteiger partial charge in [0.15, 0.2) is 9.84 Å². The van der Waals surface area contributed by atoms with Crippen molar-refractivity contribution >= 4 is 15.9 Å². The van der Waals surface area contributed by atoms with Crippen LogP contribution in [0.4, 0.5) is 4.79 Å². The topological polar surface area (TPSA) is 94.9 Å². The van der Waals surface area contributed by atoms with Crippen LogP contribution in [0.15, 0.2) is 52.3 Å². The lowest BCUT2D eigenvalue weighted by molar-refractivity contribution is -0.00339. The van der Waals surface area contributed by atoms with E-state index in [0.717, 1.165) is 38.4 Å². The number of ether oxygens (including phenoxy) is 2. The molecule has 9 heteroatoms. The highest BCUT2D eigenvalue weighted by Crippen LogP contribution is 2.30. The van der Waals surface area contributed by atoms with Crippen LogP contribution in [0, 0.1) is 0 Å². The summed E-state index contributed by atoms with van der Waals surface area (Å²) in [5.74, 6) is 0.480. The van der Waals surface area contributed by atoms with Gasteiger partial charge in [0.1, 0.15) is 18.0 Å². The molecule has 0 spiro atoms. The Morgan fingerprint density at radius 1 is 1.06 bits per heavy atom. The van der Waals surface area contributed by atoms with Crippen LogP contribution in [0.2, 0.25) is 0 Å². The number of aromatic nitrogens is 1. The van der Waals surface area contributed by atoms with Gasteiger partial charge in [-0.05, 0) is 69.4 Å². The minimum Gasteiger partial charge on any atom is -0.490 e. The number of amides is 1. The first kappa shape index (κ1) is 25.3. The molecular formula is C26H34N2O6S. The second-order valence-corrected chi connectivity index (χ2v) is 11.7. The molecule has 8 nitrogen and oxygen atoms in total. The van der Waals surface area contributed by atoms with Crippen LogP contribution in [0.1, 0.15) is 58.8 Å². The van der Waals surface area contributed by atoms with Gasteiger partial charge in [-0.1, -0.05) is 6.92 Å². The molecule has 1 aliphatic carbocycles. The Hall–Kier alpha value is -2.81. The Balaban J connectivity index is 1.42. The SMILES string of the molecule is CC[C@@H]1C[C@H](Oc2ccn(-c3ccc(S(C)(=O)=O)cc3)c(=O)c2)C[C@@H](C)N1C(=O)OC1CCCC1. The number of nitrogens with zero attached hydrogens (tertiary/aromatic N) is 2. The molecule has 1 saturated heterocycles. The summed E-state index contributed by atoms with van der Waals surface area (Å²) in [7, 11) is -3.30. The molecule has 2 aliphatic rings. The zero-order valence-electron chi connectivity index (χ0n) is 20.6. The average molecular weight is 503 g/mol. The highest BCUT2D eigenvalue weighted by molar-refractivity contribution is 7.90. The monoisotopic (exact) mass is 502 g/mol. The van der Waals surface area contributed by atoms with E-state index in [1.54, 1.807) is 24.4 Å². The zero-order valence-corrected chi connectivity index (χ0v) is 21.4. The second-order valence-electron chi connectivity index (χ2n) is 9.66. The average Bonchev–Trinajstić information content (AvgIpc) is 3.31. The third kappa shape index (κ3) is 5.89. The van der Waals surface area contributed by atoms with Gasteiger partial charge in [0.2, 0.25) is 0 Å². The van der Waals surface area contributed by atoms with Gasteiger partial charge in [-0.25, -0.2) is 13.2 Å². The number of rotatable bonds is 6. The van der Waals surface area contributed by atoms with Crippen molar-refractivity contribution in [1.82, 2.24) is 9.47 Å². The number of piperidine rings is 1. The van der Waals surface area contributed by atoms with E-state index in [0.29, 0.717) is 24.3 Å². The quantitative estimate of drug-likeness (QED) is 0.584. The van der Waals surface area contributed by atoms with Gasteiger partial charge < -0.3 is 14.4 Å². The Labute approximate surface area is 206 Å². The van der Waals surface area contributed by atoms with Crippen LogP contribution in [-0.4, -0.2) is 54.5 Å². The molecular weight excluding hydrogens is 468 g/mol. The summed E-state index contributed by atoms with van der Waals surface area (Å²) in [5, 5.41) is 0. The number of sulfone groups is 1. The fraction of sp³-hybridized carbons (Fsp3) is 0.538. The third-order valence-corrected chi connectivity index (χ3v) is 8.12. The summed E-state index contributed by atoms with van der Waals surface area (Å²) in [5.41, 5.74) is 0.301. The van der Waals surface area contributed by atoms with Gasteiger partial charge in [-0.15, -0.1) is 0 Å². The van der Waals surface area contributed by atoms with Gasteiger partial charge >= 0.3 is 6.09 Å². The predicted molar refractivity (Wildman–Crippen MR) is 133 cm³/mol. The molecule has 1 aromatic carbocycles. The molecule has 1 aliphatic heterocycles. The first-order chi connectivity index (χ1) is 16.7. The molecule has 0 N–H and O–H groups in total. The fourth-order valence-electron chi connectivity index (χ4n) is 5.16. The van der Waals surface area contributed by atoms with Gasteiger partial charge in [0.25, 0.3) is 5.56 Å². The van der Waals surface area contributed by atoms with E-state index >= 15 is 0 Å². The third-order valence-electron chi connectivity index (χ3n) is 7.00. The van der Waals surface area contributed by atoms with Crippen LogP contribution in [-0.2, 0) is 14.6 Å². The summed E-state index contributed by atoms with van der Waals surface area (Å²) in [4.78, 5) is 27.7. The van der Waals surface area contributed by atoms with E-state index in [1.165, 1.54) is 22.8 Å². The Kier molecular flexibility index (Phi) is 7.54. The second kappa shape index (κ2) is 10.4. The van der Waals surface area contributed by atoms with Crippen molar-refractivity contribution < 1.29 is 22.7 Å². The summed E-state index contributed by atoms with van der Waals surface area (Å²) < 4.78 is 36.7. The minimum absolute atomic E-state index is 0.0198. The summed E-state index contributed by atoms with van der Waals surface area (Å²) in [6.07, 6.45) is 8.74. The maximum atomic E-state index is 12.9. The fourth-order valence-corrected chi connectivity index (χ4v) is 5.79. The van der Waals surface area contributed by atoms with Gasteiger partial charge in [-0.3, -0.25) is 9.36 Å². The van der Waals surface area contributed by atoms with Crippen molar-refractivity contribution in [2.24, 2.45) is 0 Å². The molecule has 2 heterocycles. The number of hydrogen-bond acceptors (Lipinski definition) is 6. The summed E-state index contributed by atoms with van der Waals surface area (Å²) in [6, 6.07) is 9.35. The first-order valence-corrected chi connectivity index (χ1v) is 14.2. The van der Waals surface area contributed by atoms with Crippen molar-refractivity contribution in [3.8, 4) is 11.4 Å². The maximum Gasteiger partial charge on any atom is 0.410 e. The molecule has 0 unspecified atom stereocenters. The highest BCUT2D eigenvalue weighted by atomic mass is 32.2. The Morgan fingerprint density at radius 3 is 2.34 bits per heavy atom. The van der Waals surface area contributed by atoms with Crippen molar-refractivity contribution in [1.29, 1.82) is 0 Å². The molecule has 35 heavy (non-hydrogen) atoms. The Bertz CT molecular complexity index is 1200. The molecule has 2 aromatic rings. The molecule has 4 rings (SSSR count). The largest absolute Gasteiger partial charge is 0.490 e. The van der Waals surface area contributed by atoms with Gasteiger partial charge in [0.05, 0.1) is 4.90 Å². The van der Waals surface area contributed by atoms with E-state index in [-0.39, 0.29) is 40.8 Å². The zero-order chi connectivity index (χ0) is 25.2. The van der Waals surface area contributed by atoms with E-state index in [2.05, 4.69) is 6.92 Å². The van der Waals surface area contributed by atoms with Gasteiger partial charge in [-0.2, -0.15) is 0 Å². The van der Waals surface area contributed by atoms with E-state index in [9.17, 15) is 18.0 Å². The minimum atomic E-state index is -3.30. The van der Waals surface area contributed by atoms with E-state index in [4.69, 9.17) is 9.47 Å². The smallest absolute Gasteiger partial charge is 0.410 e. The van der Waals surface area contributed by atoms with Crippen molar-refractivity contribution in [3.63, 3.8) is 0 Å². The van der Waals surface area contributed by atoms with Crippen molar-refractivity contribution in [2.75, 3.05) is 6.26 Å². The molecule has 190 valence electrons. The molecule has 1 amide bonds. The highest BCUT2D eigenvalue weighted by Gasteiger charge is 2.38. The molecule has 1 aromatic heterocycles. The van der Waals surface area contributed by atoms with Gasteiger partial charge in [0, 0.05) is 49.1 Å². The predicted octanol–water partition coefficient (Wildman–Crippen LogP) is 4.33. The van der Waals surface area contributed by atoms with Crippen LogP contribution >= 0.6 is 0 Å². The first-order valence-electron chi connectivity index (χ1n) is 12.3. The normalized spacial score (nSPS) is 23.3. The van der Waals surface area contributed by atoms with Crippen LogP contribution in [0.3, 0.4) is 0 Å². The standard InChI is InChI=1S/C26H34N2O6S/c1-4-19-16-23(15-18(2)28(19)26(30)34-21-7-5-6-8-21)33-22-13-14-27(25(29)17-22)20-9-11-24(12-10-20)35(3,31)32/h9-14,17-19,21,23H,4-8,15-16H2,1-3H3/t18-,19-,23-/m1/s1. The number of carbonyl (C=O) groups excluding carboxylic acids is 1. The number of likely N-dealkylation sites (tertiary alicyclic amines) is 1. The maximum absolute atomic E-state index is 12.9. The number of carbonyl (C=O) groups is 1. The van der Waals surface area contributed by atoms with E-state index in [1.807, 2.05) is 11.8 Å². The summed E-state index contributed by atoms with van der Waals surface area (Å²) in [6.45, 7) is 4.08. The molecule has 0 radical (unpaired) electrons. The summed E-state index contributed by atoms with van der Waals surface area (Å²) >= 11 is 0. The lowest BCUT2D eigenvalue weighted by atomic mass is 9.92. The molecule has 2 fully saturated rings. The number of pyridine rings is 1. The molecule has 1 saturated carbocycles. The lowest BCUT2D eigenvalue weighted by Crippen LogP contribution is -2.53. The Morgan fingerprint density at radius 2 is 1.74 bits per heavy atom. The number of hydrogen-bond donors (Lipinski definition) is 0. The van der Waals surface area contributed by atoms with Crippen molar-refractivity contribution in [2.45, 2.75) is 88.0 Å². The molecule has 0 bridgehead atoms. The van der Waals surface area contributed by atoms with Crippen LogP contribution < -0.4 is 10.3 Å².